The van der Waals surface area contributed by atoms with Gasteiger partial charge in [0.1, 0.15) is 11.0 Å². The summed E-state index contributed by atoms with van der Waals surface area (Å²) < 4.78 is 5.36. The fraction of sp³-hybridized carbons (Fsp3) is 0.231. The molecule has 0 aliphatic carbocycles. The first-order valence-electron chi connectivity index (χ1n) is 10.8. The summed E-state index contributed by atoms with van der Waals surface area (Å²) in [7, 11) is 1.55. The Morgan fingerprint density at radius 2 is 1.73 bits per heavy atom. The number of halogens is 1. The van der Waals surface area contributed by atoms with Crippen molar-refractivity contribution in [3.05, 3.63) is 83.4 Å². The van der Waals surface area contributed by atoms with Crippen molar-refractivity contribution in [2.45, 2.75) is 36.3 Å². The number of rotatable bonds is 10. The highest BCUT2D eigenvalue weighted by molar-refractivity contribution is 8.00. The summed E-state index contributed by atoms with van der Waals surface area (Å²) in [6.07, 6.45) is 2.36. The Morgan fingerprint density at radius 1 is 1.00 bits per heavy atom. The number of carbonyl (C=O) groups excluding carboxylic acids is 2. The van der Waals surface area contributed by atoms with Gasteiger partial charge in [0, 0.05) is 22.0 Å². The van der Waals surface area contributed by atoms with Crippen LogP contribution in [0.5, 0.6) is 5.75 Å². The van der Waals surface area contributed by atoms with Gasteiger partial charge in [0.15, 0.2) is 0 Å². The van der Waals surface area contributed by atoms with Crippen LogP contribution in [-0.4, -0.2) is 18.9 Å². The van der Waals surface area contributed by atoms with Gasteiger partial charge in [-0.05, 0) is 54.4 Å². The second-order valence-corrected chi connectivity index (χ2v) is 9.03. The van der Waals surface area contributed by atoms with Gasteiger partial charge in [-0.25, -0.2) is 0 Å². The minimum atomic E-state index is -0.500. The van der Waals surface area contributed by atoms with Gasteiger partial charge >= 0.3 is 0 Å². The summed E-state index contributed by atoms with van der Waals surface area (Å²) in [5.74, 6) is 0.353. The molecule has 0 aliphatic heterocycles. The second kappa shape index (κ2) is 12.3. The molecule has 172 valence electrons. The Balaban J connectivity index is 1.77. The number of unbranched alkanes of at least 4 members (excludes halogenated alkanes) is 1. The zero-order valence-corrected chi connectivity index (χ0v) is 20.2. The van der Waals surface area contributed by atoms with Crippen molar-refractivity contribution in [3.8, 4) is 5.75 Å². The third kappa shape index (κ3) is 7.27. The largest absolute Gasteiger partial charge is 0.495 e. The van der Waals surface area contributed by atoms with Crippen LogP contribution >= 0.6 is 23.4 Å². The summed E-state index contributed by atoms with van der Waals surface area (Å²) in [5.41, 5.74) is 2.13. The minimum Gasteiger partial charge on any atom is -0.495 e. The van der Waals surface area contributed by atoms with Crippen LogP contribution in [0.4, 0.5) is 11.4 Å². The highest BCUT2D eigenvalue weighted by Crippen LogP contribution is 2.38. The average molecular weight is 483 g/mol. The van der Waals surface area contributed by atoms with Crippen molar-refractivity contribution < 1.29 is 14.3 Å². The lowest BCUT2D eigenvalue weighted by atomic mass is 10.1. The smallest absolute Gasteiger partial charge is 0.242 e. The van der Waals surface area contributed by atoms with Crippen LogP contribution in [0.15, 0.2) is 77.7 Å². The number of carbonyl (C=O) groups is 2. The molecule has 3 aromatic rings. The Morgan fingerprint density at radius 3 is 2.39 bits per heavy atom. The Labute approximate surface area is 203 Å². The quantitative estimate of drug-likeness (QED) is 0.307. The third-order valence-corrected chi connectivity index (χ3v) is 6.41. The van der Waals surface area contributed by atoms with E-state index in [9.17, 15) is 9.59 Å². The molecule has 2 amide bonds. The van der Waals surface area contributed by atoms with E-state index in [-0.39, 0.29) is 11.8 Å². The monoisotopic (exact) mass is 482 g/mol. The van der Waals surface area contributed by atoms with E-state index in [0.717, 1.165) is 29.0 Å². The number of amides is 2. The normalized spacial score (nSPS) is 11.5. The minimum absolute atomic E-state index is 0.00858. The summed E-state index contributed by atoms with van der Waals surface area (Å²) in [5, 5.41) is 5.87. The van der Waals surface area contributed by atoms with Crippen LogP contribution < -0.4 is 15.4 Å². The predicted molar refractivity (Wildman–Crippen MR) is 136 cm³/mol. The van der Waals surface area contributed by atoms with Crippen LogP contribution in [0, 0.1) is 0 Å². The fourth-order valence-electron chi connectivity index (χ4n) is 3.19. The van der Waals surface area contributed by atoms with Crippen LogP contribution in [0.2, 0.25) is 5.02 Å². The Bertz CT molecular complexity index is 1070. The number of ether oxygens (including phenoxy) is 1. The molecular formula is C26H27ClN2O3S. The molecule has 33 heavy (non-hydrogen) atoms. The number of nitrogens with one attached hydrogen (secondary N) is 2. The van der Waals surface area contributed by atoms with E-state index < -0.39 is 5.25 Å². The number of methoxy groups -OCH3 is 1. The first-order chi connectivity index (χ1) is 16.0. The zero-order chi connectivity index (χ0) is 23.6. The molecule has 0 bridgehead atoms. The molecule has 0 spiro atoms. The number of hydrogen-bond acceptors (Lipinski definition) is 4. The summed E-state index contributed by atoms with van der Waals surface area (Å²) in [6.45, 7) is 2.06. The lowest BCUT2D eigenvalue weighted by Gasteiger charge is -2.18. The van der Waals surface area contributed by atoms with Crippen LogP contribution in [-0.2, 0) is 9.59 Å². The summed E-state index contributed by atoms with van der Waals surface area (Å²) in [6, 6.07) is 22.2. The van der Waals surface area contributed by atoms with Gasteiger partial charge in [0.05, 0.1) is 12.8 Å². The summed E-state index contributed by atoms with van der Waals surface area (Å²) >= 11 is 7.55. The molecule has 3 rings (SSSR count). The van der Waals surface area contributed by atoms with Crippen molar-refractivity contribution in [2.75, 3.05) is 17.7 Å². The lowest BCUT2D eigenvalue weighted by Crippen LogP contribution is -2.19. The number of anilines is 2. The predicted octanol–water partition coefficient (Wildman–Crippen LogP) is 6.95. The zero-order valence-electron chi connectivity index (χ0n) is 18.6. The maximum Gasteiger partial charge on any atom is 0.242 e. The van der Waals surface area contributed by atoms with Crippen molar-refractivity contribution in [1.29, 1.82) is 0 Å². The number of benzene rings is 3. The van der Waals surface area contributed by atoms with E-state index in [1.807, 2.05) is 54.6 Å². The Hall–Kier alpha value is -2.96. The van der Waals surface area contributed by atoms with Gasteiger partial charge in [-0.15, -0.1) is 11.8 Å². The van der Waals surface area contributed by atoms with E-state index >= 15 is 0 Å². The maximum atomic E-state index is 13.3. The molecule has 0 radical (unpaired) electrons. The summed E-state index contributed by atoms with van der Waals surface area (Å²) in [4.78, 5) is 26.2. The highest BCUT2D eigenvalue weighted by Gasteiger charge is 2.23. The number of thioether (sulfide) groups is 1. The van der Waals surface area contributed by atoms with Crippen molar-refractivity contribution in [3.63, 3.8) is 0 Å². The van der Waals surface area contributed by atoms with Crippen molar-refractivity contribution in [1.82, 2.24) is 0 Å². The molecule has 5 nitrogen and oxygen atoms in total. The Kier molecular flexibility index (Phi) is 9.22. The van der Waals surface area contributed by atoms with E-state index in [1.165, 1.54) is 11.8 Å². The van der Waals surface area contributed by atoms with E-state index in [1.54, 1.807) is 25.3 Å². The van der Waals surface area contributed by atoms with Gasteiger partial charge in [0.2, 0.25) is 11.8 Å². The van der Waals surface area contributed by atoms with Crippen molar-refractivity contribution in [2.24, 2.45) is 0 Å². The molecule has 0 aromatic heterocycles. The SMILES string of the molecule is CCCCC(=O)Nc1ccc(SC(C(=O)Nc2cc(Cl)ccc2OC)c2ccccc2)cc1. The van der Waals surface area contributed by atoms with Gasteiger partial charge in [-0.1, -0.05) is 55.3 Å². The molecule has 0 aliphatic rings. The molecule has 0 heterocycles. The van der Waals surface area contributed by atoms with E-state index in [4.69, 9.17) is 16.3 Å². The van der Waals surface area contributed by atoms with Crippen LogP contribution in [0.3, 0.4) is 0 Å². The first kappa shape index (κ1) is 24.7. The van der Waals surface area contributed by atoms with Crippen molar-refractivity contribution >= 4 is 46.6 Å². The van der Waals surface area contributed by atoms with Gasteiger partial charge in [-0.3, -0.25) is 9.59 Å². The highest BCUT2D eigenvalue weighted by atomic mass is 35.5. The van der Waals surface area contributed by atoms with Crippen LogP contribution in [0.25, 0.3) is 0 Å². The average Bonchev–Trinajstić information content (AvgIpc) is 2.83. The molecule has 2 N–H and O–H groups in total. The van der Waals surface area contributed by atoms with Gasteiger partial charge in [-0.2, -0.15) is 0 Å². The maximum absolute atomic E-state index is 13.3. The van der Waals surface area contributed by atoms with E-state index in [2.05, 4.69) is 17.6 Å². The molecule has 0 fully saturated rings. The van der Waals surface area contributed by atoms with Gasteiger partial charge in [0.25, 0.3) is 0 Å². The van der Waals surface area contributed by atoms with Crippen LogP contribution in [0.1, 0.15) is 37.0 Å². The molecule has 1 unspecified atom stereocenters. The van der Waals surface area contributed by atoms with E-state index in [0.29, 0.717) is 22.9 Å². The molecule has 0 saturated heterocycles. The topological polar surface area (TPSA) is 67.4 Å². The fourth-order valence-corrected chi connectivity index (χ4v) is 4.39. The van der Waals surface area contributed by atoms with Gasteiger partial charge < -0.3 is 15.4 Å². The molecule has 0 saturated carbocycles. The lowest BCUT2D eigenvalue weighted by molar-refractivity contribution is -0.116. The first-order valence-corrected chi connectivity index (χ1v) is 12.0. The molecular weight excluding hydrogens is 456 g/mol. The standard InChI is InChI=1S/C26H27ClN2O3S/c1-3-4-10-24(30)28-20-12-14-21(15-13-20)33-25(18-8-6-5-7-9-18)26(31)29-22-17-19(27)11-16-23(22)32-2/h5-9,11-17,25H,3-4,10H2,1-2H3,(H,28,30)(H,29,31). The molecule has 1 atom stereocenters. The third-order valence-electron chi connectivity index (χ3n) is 4.91. The second-order valence-electron chi connectivity index (χ2n) is 7.42. The molecule has 3 aromatic carbocycles. The molecule has 7 heteroatoms. The number of hydrogen-bond donors (Lipinski definition) is 2.